The van der Waals surface area contributed by atoms with Crippen molar-refractivity contribution in [2.75, 3.05) is 0 Å². The van der Waals surface area contributed by atoms with E-state index in [0.717, 1.165) is 11.1 Å². The summed E-state index contributed by atoms with van der Waals surface area (Å²) >= 11 is 0. The van der Waals surface area contributed by atoms with E-state index >= 15 is 0 Å². The van der Waals surface area contributed by atoms with Gasteiger partial charge in [-0.05, 0) is 45.4 Å². The molecule has 3 rings (SSSR count). The summed E-state index contributed by atoms with van der Waals surface area (Å²) in [4.78, 5) is 0. The first-order valence-corrected chi connectivity index (χ1v) is 7.92. The summed E-state index contributed by atoms with van der Waals surface area (Å²) in [6.45, 7) is 6.68. The van der Waals surface area contributed by atoms with Crippen LogP contribution < -0.4 is 0 Å². The number of hydrogen-bond acceptors (Lipinski definition) is 0. The Balaban J connectivity index is 1.86. The van der Waals surface area contributed by atoms with Crippen LogP contribution in [-0.2, 0) is 10.5 Å². The molecule has 0 spiro atoms. The van der Waals surface area contributed by atoms with E-state index < -0.39 is 0 Å². The van der Waals surface area contributed by atoms with Crippen molar-refractivity contribution in [1.29, 1.82) is 0 Å². The van der Waals surface area contributed by atoms with E-state index in [4.69, 9.17) is 0 Å². The molecular weight excluding hydrogens is 280 g/mol. The van der Waals surface area contributed by atoms with Gasteiger partial charge in [-0.15, -0.1) is 0 Å². The molecule has 23 heavy (non-hydrogen) atoms. The van der Waals surface area contributed by atoms with Gasteiger partial charge in [0.2, 0.25) is 0 Å². The number of benzene rings is 3. The van der Waals surface area contributed by atoms with Gasteiger partial charge in [0.15, 0.2) is 5.75 Å². The van der Waals surface area contributed by atoms with Gasteiger partial charge >= 0.3 is 0 Å². The summed E-state index contributed by atoms with van der Waals surface area (Å²) in [5, 5.41) is 11.2. The fraction of sp³-hybridized carbons (Fsp3) is 0.182. The molecule has 0 atom stereocenters. The first kappa shape index (κ1) is 15.4. The van der Waals surface area contributed by atoms with Crippen LogP contribution in [0, 0.1) is 0 Å². The molecular formula is C22H21O. The quantitative estimate of drug-likeness (QED) is 0.517. The minimum Gasteiger partial charge on any atom is -0.290 e. The summed E-state index contributed by atoms with van der Waals surface area (Å²) in [6, 6.07) is 24.2. The van der Waals surface area contributed by atoms with Gasteiger partial charge in [-0.2, -0.15) is 0 Å². The summed E-state index contributed by atoms with van der Waals surface area (Å²) in [6.07, 6.45) is 0. The second kappa shape index (κ2) is 5.92. The lowest BCUT2D eigenvalue weighted by Crippen LogP contribution is -2.10. The van der Waals surface area contributed by atoms with Gasteiger partial charge in [0.1, 0.15) is 0 Å². The van der Waals surface area contributed by atoms with Crippen LogP contribution in [0.1, 0.15) is 26.3 Å². The normalized spacial score (nSPS) is 11.4. The smallest absolute Gasteiger partial charge is 0.178 e. The number of rotatable bonds is 2. The van der Waals surface area contributed by atoms with Crippen molar-refractivity contribution in [1.82, 2.24) is 0 Å². The van der Waals surface area contributed by atoms with E-state index in [0.29, 0.717) is 0 Å². The molecule has 0 aromatic heterocycles. The third-order valence-electron chi connectivity index (χ3n) is 4.16. The molecule has 0 N–H and O–H groups in total. The topological polar surface area (TPSA) is 19.9 Å². The zero-order valence-electron chi connectivity index (χ0n) is 13.8. The molecule has 0 aliphatic heterocycles. The Kier molecular flexibility index (Phi) is 3.96. The van der Waals surface area contributed by atoms with Crippen LogP contribution in [0.25, 0.3) is 22.3 Å². The van der Waals surface area contributed by atoms with Crippen molar-refractivity contribution in [3.63, 3.8) is 0 Å². The van der Waals surface area contributed by atoms with Crippen LogP contribution in [0.4, 0.5) is 0 Å². The Hall–Kier alpha value is -2.54. The Morgan fingerprint density at radius 2 is 0.826 bits per heavy atom. The van der Waals surface area contributed by atoms with Gasteiger partial charge in [-0.1, -0.05) is 81.4 Å². The lowest BCUT2D eigenvalue weighted by molar-refractivity contribution is 0.355. The maximum absolute atomic E-state index is 11.2. The maximum atomic E-state index is 11.2. The fourth-order valence-electron chi connectivity index (χ4n) is 2.67. The lowest BCUT2D eigenvalue weighted by Gasteiger charge is -2.19. The van der Waals surface area contributed by atoms with Gasteiger partial charge in [-0.25, -0.2) is 0 Å². The molecule has 0 heterocycles. The van der Waals surface area contributed by atoms with E-state index in [9.17, 15) is 5.11 Å². The second-order valence-corrected chi connectivity index (χ2v) is 6.93. The standard InChI is InChI=1S/C22H21O/c1-22(2,3)20-12-8-18(9-13-20)16-4-6-17(7-5-16)19-10-14-21(23)15-11-19/h4-15H,1-3H3. The van der Waals surface area contributed by atoms with Crippen LogP contribution >= 0.6 is 0 Å². The highest BCUT2D eigenvalue weighted by atomic mass is 16.3. The molecule has 0 amide bonds. The Morgan fingerprint density at radius 3 is 1.17 bits per heavy atom. The molecule has 0 unspecified atom stereocenters. The average Bonchev–Trinajstić information content (AvgIpc) is 2.55. The summed E-state index contributed by atoms with van der Waals surface area (Å²) in [7, 11) is 0. The average molecular weight is 301 g/mol. The Labute approximate surface area is 138 Å². The Morgan fingerprint density at radius 1 is 0.522 bits per heavy atom. The SMILES string of the molecule is CC(C)(C)c1ccc(-c2ccc(-c3ccc([O])cc3)cc2)cc1. The van der Waals surface area contributed by atoms with Crippen LogP contribution in [0.5, 0.6) is 5.75 Å². The van der Waals surface area contributed by atoms with Crippen LogP contribution in [-0.4, -0.2) is 0 Å². The predicted octanol–water partition coefficient (Wildman–Crippen LogP) is 6.46. The van der Waals surface area contributed by atoms with Crippen molar-refractivity contribution in [2.45, 2.75) is 26.2 Å². The first-order chi connectivity index (χ1) is 10.9. The summed E-state index contributed by atoms with van der Waals surface area (Å²) < 4.78 is 0. The zero-order chi connectivity index (χ0) is 16.4. The molecule has 0 fully saturated rings. The monoisotopic (exact) mass is 301 g/mol. The van der Waals surface area contributed by atoms with Crippen molar-refractivity contribution in [2.24, 2.45) is 0 Å². The molecule has 3 aromatic rings. The van der Waals surface area contributed by atoms with Gasteiger partial charge in [0.25, 0.3) is 0 Å². The zero-order valence-corrected chi connectivity index (χ0v) is 13.8. The molecule has 3 aromatic carbocycles. The predicted molar refractivity (Wildman–Crippen MR) is 96.1 cm³/mol. The lowest BCUT2D eigenvalue weighted by atomic mass is 9.86. The van der Waals surface area contributed by atoms with Crippen molar-refractivity contribution in [3.8, 4) is 28.0 Å². The van der Waals surface area contributed by atoms with Gasteiger partial charge in [0, 0.05) is 0 Å². The number of hydrogen-bond donors (Lipinski definition) is 0. The van der Waals surface area contributed by atoms with Crippen LogP contribution in [0.2, 0.25) is 0 Å². The minimum atomic E-state index is 0.0457. The fourth-order valence-corrected chi connectivity index (χ4v) is 2.67. The highest BCUT2D eigenvalue weighted by Crippen LogP contribution is 2.28. The van der Waals surface area contributed by atoms with Crippen molar-refractivity contribution >= 4 is 0 Å². The van der Waals surface area contributed by atoms with Gasteiger partial charge < -0.3 is 0 Å². The Bertz CT molecular complexity index is 773. The van der Waals surface area contributed by atoms with Crippen molar-refractivity contribution in [3.05, 3.63) is 78.4 Å². The third kappa shape index (κ3) is 3.45. The minimum absolute atomic E-state index is 0.0457. The largest absolute Gasteiger partial charge is 0.290 e. The summed E-state index contributed by atoms with van der Waals surface area (Å²) in [5.41, 5.74) is 6.14. The molecule has 0 saturated carbocycles. The molecule has 0 aliphatic rings. The molecule has 1 heteroatoms. The molecule has 0 saturated heterocycles. The third-order valence-corrected chi connectivity index (χ3v) is 4.16. The molecule has 0 bridgehead atoms. The molecule has 0 aliphatic carbocycles. The van der Waals surface area contributed by atoms with E-state index in [1.165, 1.54) is 16.7 Å². The highest BCUT2D eigenvalue weighted by Gasteiger charge is 2.13. The van der Waals surface area contributed by atoms with E-state index in [2.05, 4.69) is 69.3 Å². The maximum Gasteiger partial charge on any atom is 0.178 e. The van der Waals surface area contributed by atoms with Gasteiger partial charge in [0.05, 0.1) is 0 Å². The molecule has 1 radical (unpaired) electrons. The summed E-state index contributed by atoms with van der Waals surface area (Å²) in [5.74, 6) is 0.0457. The second-order valence-electron chi connectivity index (χ2n) is 6.93. The van der Waals surface area contributed by atoms with E-state index in [-0.39, 0.29) is 11.2 Å². The molecule has 115 valence electrons. The van der Waals surface area contributed by atoms with Crippen LogP contribution in [0.3, 0.4) is 0 Å². The van der Waals surface area contributed by atoms with E-state index in [1.807, 2.05) is 12.1 Å². The first-order valence-electron chi connectivity index (χ1n) is 7.92. The van der Waals surface area contributed by atoms with Crippen molar-refractivity contribution < 1.29 is 5.11 Å². The van der Waals surface area contributed by atoms with E-state index in [1.54, 1.807) is 12.1 Å². The highest BCUT2D eigenvalue weighted by molar-refractivity contribution is 5.70. The molecule has 1 nitrogen and oxygen atoms in total. The van der Waals surface area contributed by atoms with Gasteiger partial charge in [-0.3, -0.25) is 5.11 Å². The van der Waals surface area contributed by atoms with Crippen LogP contribution in [0.15, 0.2) is 72.8 Å².